The number of carbonyl (C=O) groups is 1. The standard InChI is InChI=1S/C10H18N2O3S/c1-2-5-11-7-10(13)12-9-4-3-6-16(14,15)8-9/h2,9,11H,1,3-8H2,(H,12,13). The van der Waals surface area contributed by atoms with Gasteiger partial charge in [-0.15, -0.1) is 6.58 Å². The van der Waals surface area contributed by atoms with Gasteiger partial charge in [-0.05, 0) is 12.8 Å². The second-order valence-corrected chi connectivity index (χ2v) is 6.17. The Bertz CT molecular complexity index is 351. The minimum atomic E-state index is -2.95. The summed E-state index contributed by atoms with van der Waals surface area (Å²) in [5.41, 5.74) is 0. The van der Waals surface area contributed by atoms with Gasteiger partial charge in [0.1, 0.15) is 0 Å². The third kappa shape index (κ3) is 4.76. The molecule has 92 valence electrons. The fraction of sp³-hybridized carbons (Fsp3) is 0.700. The predicted molar refractivity (Wildman–Crippen MR) is 62.9 cm³/mol. The molecule has 0 aliphatic carbocycles. The molecule has 1 aliphatic heterocycles. The Morgan fingerprint density at radius 1 is 1.50 bits per heavy atom. The van der Waals surface area contributed by atoms with E-state index >= 15 is 0 Å². The first-order valence-electron chi connectivity index (χ1n) is 5.35. The van der Waals surface area contributed by atoms with E-state index in [4.69, 9.17) is 0 Å². The van der Waals surface area contributed by atoms with E-state index in [0.29, 0.717) is 13.0 Å². The lowest BCUT2D eigenvalue weighted by atomic mass is 10.2. The molecule has 16 heavy (non-hydrogen) atoms. The lowest BCUT2D eigenvalue weighted by Crippen LogP contribution is -2.46. The zero-order valence-corrected chi connectivity index (χ0v) is 10.1. The molecule has 1 fully saturated rings. The largest absolute Gasteiger partial charge is 0.351 e. The highest BCUT2D eigenvalue weighted by molar-refractivity contribution is 7.91. The van der Waals surface area contributed by atoms with Crippen LogP contribution in [0.5, 0.6) is 0 Å². The summed E-state index contributed by atoms with van der Waals surface area (Å²) in [5, 5.41) is 5.58. The quantitative estimate of drug-likeness (QED) is 0.504. The molecule has 1 heterocycles. The second-order valence-electron chi connectivity index (χ2n) is 3.94. The molecule has 1 saturated heterocycles. The number of amides is 1. The Hall–Kier alpha value is -0.880. The zero-order valence-electron chi connectivity index (χ0n) is 9.24. The molecule has 0 aromatic rings. The Balaban J connectivity index is 2.31. The van der Waals surface area contributed by atoms with Crippen molar-refractivity contribution in [2.75, 3.05) is 24.6 Å². The van der Waals surface area contributed by atoms with Crippen LogP contribution in [0.15, 0.2) is 12.7 Å². The van der Waals surface area contributed by atoms with Crippen molar-refractivity contribution in [3.05, 3.63) is 12.7 Å². The number of hydrogen-bond acceptors (Lipinski definition) is 4. The molecule has 6 heteroatoms. The summed E-state index contributed by atoms with van der Waals surface area (Å²) in [4.78, 5) is 11.4. The molecule has 0 aromatic heterocycles. The summed E-state index contributed by atoms with van der Waals surface area (Å²) in [5.74, 6) is 0.151. The van der Waals surface area contributed by atoms with E-state index < -0.39 is 9.84 Å². The molecular formula is C10H18N2O3S. The fourth-order valence-electron chi connectivity index (χ4n) is 1.70. The lowest BCUT2D eigenvalue weighted by Gasteiger charge is -2.22. The monoisotopic (exact) mass is 246 g/mol. The molecular weight excluding hydrogens is 228 g/mol. The van der Waals surface area contributed by atoms with Crippen LogP contribution in [-0.4, -0.2) is 45.0 Å². The Labute approximate surface area is 96.2 Å². The lowest BCUT2D eigenvalue weighted by molar-refractivity contribution is -0.120. The van der Waals surface area contributed by atoms with Gasteiger partial charge in [0, 0.05) is 12.6 Å². The first-order chi connectivity index (χ1) is 7.53. The number of carbonyl (C=O) groups excluding carboxylic acids is 1. The van der Waals surface area contributed by atoms with Gasteiger partial charge in [0.2, 0.25) is 5.91 Å². The molecule has 1 aliphatic rings. The van der Waals surface area contributed by atoms with Crippen molar-refractivity contribution in [3.8, 4) is 0 Å². The van der Waals surface area contributed by atoms with E-state index in [9.17, 15) is 13.2 Å². The molecule has 0 spiro atoms. The fourth-order valence-corrected chi connectivity index (χ4v) is 3.34. The second kappa shape index (κ2) is 6.00. The van der Waals surface area contributed by atoms with Crippen LogP contribution in [0.25, 0.3) is 0 Å². The van der Waals surface area contributed by atoms with Crippen LogP contribution in [0, 0.1) is 0 Å². The zero-order chi connectivity index (χ0) is 12.0. The molecule has 1 unspecified atom stereocenters. The van der Waals surface area contributed by atoms with Crippen LogP contribution in [0.4, 0.5) is 0 Å². The van der Waals surface area contributed by atoms with E-state index in [1.165, 1.54) is 0 Å². The number of nitrogens with one attached hydrogen (secondary N) is 2. The smallest absolute Gasteiger partial charge is 0.234 e. The maximum Gasteiger partial charge on any atom is 0.234 e. The average molecular weight is 246 g/mol. The van der Waals surface area contributed by atoms with Crippen LogP contribution in [-0.2, 0) is 14.6 Å². The van der Waals surface area contributed by atoms with Crippen molar-refractivity contribution in [1.29, 1.82) is 0 Å². The normalized spacial score (nSPS) is 23.6. The highest BCUT2D eigenvalue weighted by Crippen LogP contribution is 2.11. The summed E-state index contributed by atoms with van der Waals surface area (Å²) < 4.78 is 22.6. The average Bonchev–Trinajstić information content (AvgIpc) is 2.16. The van der Waals surface area contributed by atoms with Gasteiger partial charge in [0.15, 0.2) is 9.84 Å². The van der Waals surface area contributed by atoms with Crippen molar-refractivity contribution in [2.45, 2.75) is 18.9 Å². The topological polar surface area (TPSA) is 75.3 Å². The van der Waals surface area contributed by atoms with Gasteiger partial charge < -0.3 is 10.6 Å². The number of sulfone groups is 1. The van der Waals surface area contributed by atoms with Crippen molar-refractivity contribution in [3.63, 3.8) is 0 Å². The summed E-state index contributed by atoms with van der Waals surface area (Å²) in [6.07, 6.45) is 3.04. The Kier molecular flexibility index (Phi) is 4.95. The molecule has 2 N–H and O–H groups in total. The molecule has 5 nitrogen and oxygen atoms in total. The van der Waals surface area contributed by atoms with E-state index in [1.54, 1.807) is 6.08 Å². The highest BCUT2D eigenvalue weighted by atomic mass is 32.2. The first-order valence-corrected chi connectivity index (χ1v) is 7.17. The van der Waals surface area contributed by atoms with E-state index in [1.807, 2.05) is 0 Å². The molecule has 1 atom stereocenters. The molecule has 0 saturated carbocycles. The van der Waals surface area contributed by atoms with Gasteiger partial charge in [-0.25, -0.2) is 8.42 Å². The Morgan fingerprint density at radius 2 is 2.25 bits per heavy atom. The SMILES string of the molecule is C=CCNCC(=O)NC1CCCS(=O)(=O)C1. The van der Waals surface area contributed by atoms with Crippen LogP contribution >= 0.6 is 0 Å². The van der Waals surface area contributed by atoms with Gasteiger partial charge in [-0.3, -0.25) is 4.79 Å². The predicted octanol–water partition coefficient (Wildman–Crippen LogP) is -0.545. The maximum absolute atomic E-state index is 11.4. The van der Waals surface area contributed by atoms with Crippen molar-refractivity contribution < 1.29 is 13.2 Å². The van der Waals surface area contributed by atoms with Crippen LogP contribution < -0.4 is 10.6 Å². The Morgan fingerprint density at radius 3 is 2.88 bits per heavy atom. The molecule has 0 bridgehead atoms. The third-order valence-electron chi connectivity index (χ3n) is 2.40. The van der Waals surface area contributed by atoms with Gasteiger partial charge in [0.25, 0.3) is 0 Å². The summed E-state index contributed by atoms with van der Waals surface area (Å²) in [6.45, 7) is 4.28. The van der Waals surface area contributed by atoms with Gasteiger partial charge in [0.05, 0.1) is 18.1 Å². The van der Waals surface area contributed by atoms with Crippen LogP contribution in [0.1, 0.15) is 12.8 Å². The van der Waals surface area contributed by atoms with Crippen LogP contribution in [0.2, 0.25) is 0 Å². The van der Waals surface area contributed by atoms with E-state index in [0.717, 1.165) is 6.42 Å². The first kappa shape index (κ1) is 13.2. The summed E-state index contributed by atoms with van der Waals surface area (Å²) >= 11 is 0. The summed E-state index contributed by atoms with van der Waals surface area (Å²) in [6, 6.07) is -0.225. The third-order valence-corrected chi connectivity index (χ3v) is 4.22. The molecule has 1 amide bonds. The summed E-state index contributed by atoms with van der Waals surface area (Å²) in [7, 11) is -2.95. The van der Waals surface area contributed by atoms with Crippen molar-refractivity contribution >= 4 is 15.7 Å². The molecule has 0 radical (unpaired) electrons. The van der Waals surface area contributed by atoms with Crippen molar-refractivity contribution in [2.24, 2.45) is 0 Å². The minimum Gasteiger partial charge on any atom is -0.351 e. The van der Waals surface area contributed by atoms with Gasteiger partial charge in [-0.1, -0.05) is 6.08 Å². The van der Waals surface area contributed by atoms with Crippen molar-refractivity contribution in [1.82, 2.24) is 10.6 Å². The number of rotatable bonds is 5. The van der Waals surface area contributed by atoms with Gasteiger partial charge in [-0.2, -0.15) is 0 Å². The van der Waals surface area contributed by atoms with E-state index in [2.05, 4.69) is 17.2 Å². The number of hydrogen-bond donors (Lipinski definition) is 2. The minimum absolute atomic E-state index is 0.0696. The van der Waals surface area contributed by atoms with Gasteiger partial charge >= 0.3 is 0 Å². The molecule has 0 aromatic carbocycles. The highest BCUT2D eigenvalue weighted by Gasteiger charge is 2.25. The van der Waals surface area contributed by atoms with E-state index in [-0.39, 0.29) is 30.0 Å². The molecule has 1 rings (SSSR count). The maximum atomic E-state index is 11.4. The van der Waals surface area contributed by atoms with Crippen LogP contribution in [0.3, 0.4) is 0 Å².